The highest BCUT2D eigenvalue weighted by molar-refractivity contribution is 5.81. The van der Waals surface area contributed by atoms with Crippen molar-refractivity contribution >= 4 is 18.1 Å². The molecule has 3 amide bonds. The number of carbonyl (C=O) groups excluding carboxylic acids is 3. The first kappa shape index (κ1) is 29.6. The standard InChI is InChI=1S/C27H38N4O6/c1-21(28)24(32)25(33)29-15-8-9-17-31(27(35)37-20-23-13-6-3-7-14-23)18-10-16-30-26(34)36-19-22-11-4-2-5-12-22/h2-7,11-14,21,24,32H,8-10,15-20,28H2,1H3,(H,29,33)(H,30,34)/t21?,24-/m1/s1. The summed E-state index contributed by atoms with van der Waals surface area (Å²) in [5, 5.41) is 15.0. The van der Waals surface area contributed by atoms with Crippen LogP contribution in [0.2, 0.25) is 0 Å². The minimum atomic E-state index is -1.25. The number of aliphatic hydroxyl groups excluding tert-OH is 1. The summed E-state index contributed by atoms with van der Waals surface area (Å²) < 4.78 is 10.7. The fraction of sp³-hybridized carbons (Fsp3) is 0.444. The highest BCUT2D eigenvalue weighted by Crippen LogP contribution is 2.06. The molecule has 0 heterocycles. The van der Waals surface area contributed by atoms with Crippen LogP contribution in [-0.4, -0.2) is 66.4 Å². The number of amides is 3. The molecule has 0 radical (unpaired) electrons. The van der Waals surface area contributed by atoms with Crippen LogP contribution in [0.1, 0.15) is 37.3 Å². The van der Waals surface area contributed by atoms with Gasteiger partial charge in [0.1, 0.15) is 19.3 Å². The molecule has 0 aromatic heterocycles. The molecule has 37 heavy (non-hydrogen) atoms. The summed E-state index contributed by atoms with van der Waals surface area (Å²) in [6.07, 6.45) is -0.501. The van der Waals surface area contributed by atoms with Gasteiger partial charge in [0.05, 0.1) is 0 Å². The third-order valence-corrected chi connectivity index (χ3v) is 5.47. The average Bonchev–Trinajstić information content (AvgIpc) is 2.92. The molecule has 5 N–H and O–H groups in total. The molecule has 0 aliphatic carbocycles. The van der Waals surface area contributed by atoms with Crippen LogP contribution < -0.4 is 16.4 Å². The molecule has 0 saturated heterocycles. The van der Waals surface area contributed by atoms with Gasteiger partial charge in [0.15, 0.2) is 0 Å². The largest absolute Gasteiger partial charge is 0.445 e. The Kier molecular flexibility index (Phi) is 13.5. The Bertz CT molecular complexity index is 942. The topological polar surface area (TPSA) is 143 Å². The molecule has 0 aliphatic heterocycles. The van der Waals surface area contributed by atoms with E-state index in [9.17, 15) is 19.5 Å². The Morgan fingerprint density at radius 1 is 0.838 bits per heavy atom. The molecule has 2 rings (SSSR count). The molecular formula is C27H38N4O6. The fourth-order valence-corrected chi connectivity index (χ4v) is 3.32. The lowest BCUT2D eigenvalue weighted by Gasteiger charge is -2.22. The molecule has 2 atom stereocenters. The van der Waals surface area contributed by atoms with E-state index in [0.717, 1.165) is 11.1 Å². The van der Waals surface area contributed by atoms with Gasteiger partial charge in [0, 0.05) is 32.2 Å². The molecule has 2 aromatic rings. The number of nitrogens with two attached hydrogens (primary N) is 1. The molecule has 0 fully saturated rings. The molecule has 10 heteroatoms. The van der Waals surface area contributed by atoms with Crippen LogP contribution in [-0.2, 0) is 27.5 Å². The van der Waals surface area contributed by atoms with Crippen molar-refractivity contribution in [2.45, 2.75) is 51.5 Å². The summed E-state index contributed by atoms with van der Waals surface area (Å²) in [4.78, 5) is 38.0. The number of rotatable bonds is 15. The van der Waals surface area contributed by atoms with Gasteiger partial charge in [-0.25, -0.2) is 9.59 Å². The van der Waals surface area contributed by atoms with Crippen LogP contribution in [0, 0.1) is 0 Å². The van der Waals surface area contributed by atoms with Crippen molar-refractivity contribution in [3.05, 3.63) is 71.8 Å². The van der Waals surface area contributed by atoms with Crippen molar-refractivity contribution in [3.63, 3.8) is 0 Å². The van der Waals surface area contributed by atoms with Crippen molar-refractivity contribution in [2.24, 2.45) is 5.73 Å². The zero-order chi connectivity index (χ0) is 26.9. The molecule has 0 aliphatic rings. The SMILES string of the molecule is CC(N)[C@@H](O)C(=O)NCCCCN(CCCNC(=O)OCc1ccccc1)C(=O)OCc1ccccc1. The maximum atomic E-state index is 12.7. The van der Waals surface area contributed by atoms with Crippen LogP contribution in [0.15, 0.2) is 60.7 Å². The number of nitrogens with one attached hydrogen (secondary N) is 2. The number of hydrogen-bond acceptors (Lipinski definition) is 7. The summed E-state index contributed by atoms with van der Waals surface area (Å²) in [6, 6.07) is 18.1. The first-order valence-electron chi connectivity index (χ1n) is 12.5. The van der Waals surface area contributed by atoms with Gasteiger partial charge in [-0.2, -0.15) is 0 Å². The van der Waals surface area contributed by atoms with E-state index in [0.29, 0.717) is 45.4 Å². The minimum Gasteiger partial charge on any atom is -0.445 e. The van der Waals surface area contributed by atoms with Crippen LogP contribution in [0.5, 0.6) is 0 Å². The van der Waals surface area contributed by atoms with Gasteiger partial charge >= 0.3 is 12.2 Å². The van der Waals surface area contributed by atoms with Gasteiger partial charge < -0.3 is 35.8 Å². The van der Waals surface area contributed by atoms with Crippen LogP contribution >= 0.6 is 0 Å². The first-order valence-corrected chi connectivity index (χ1v) is 12.5. The van der Waals surface area contributed by atoms with Crippen LogP contribution in [0.4, 0.5) is 9.59 Å². The van der Waals surface area contributed by atoms with Gasteiger partial charge in [0.25, 0.3) is 0 Å². The number of ether oxygens (including phenoxy) is 2. The normalized spacial score (nSPS) is 12.2. The quantitative estimate of drug-likeness (QED) is 0.268. The second kappa shape index (κ2) is 16.9. The number of unbranched alkanes of at least 4 members (excludes halogenated alkanes) is 1. The van der Waals surface area contributed by atoms with Crippen molar-refractivity contribution in [1.29, 1.82) is 0 Å². The predicted molar refractivity (Wildman–Crippen MR) is 139 cm³/mol. The molecule has 0 spiro atoms. The van der Waals surface area contributed by atoms with E-state index in [1.165, 1.54) is 0 Å². The van der Waals surface area contributed by atoms with E-state index < -0.39 is 30.2 Å². The van der Waals surface area contributed by atoms with Crippen molar-refractivity contribution in [1.82, 2.24) is 15.5 Å². The number of nitrogens with zero attached hydrogens (tertiary/aromatic N) is 1. The third kappa shape index (κ3) is 12.2. The van der Waals surface area contributed by atoms with E-state index in [2.05, 4.69) is 10.6 Å². The summed E-state index contributed by atoms with van der Waals surface area (Å²) >= 11 is 0. The van der Waals surface area contributed by atoms with Crippen LogP contribution in [0.25, 0.3) is 0 Å². The van der Waals surface area contributed by atoms with Gasteiger partial charge in [-0.1, -0.05) is 60.7 Å². The smallest absolute Gasteiger partial charge is 0.410 e. The zero-order valence-electron chi connectivity index (χ0n) is 21.3. The zero-order valence-corrected chi connectivity index (χ0v) is 21.3. The minimum absolute atomic E-state index is 0.158. The van der Waals surface area contributed by atoms with E-state index in [-0.39, 0.29) is 13.2 Å². The van der Waals surface area contributed by atoms with Crippen molar-refractivity contribution in [3.8, 4) is 0 Å². The number of hydrogen-bond donors (Lipinski definition) is 4. The Morgan fingerprint density at radius 2 is 1.38 bits per heavy atom. The number of benzene rings is 2. The van der Waals surface area contributed by atoms with E-state index in [1.807, 2.05) is 60.7 Å². The average molecular weight is 515 g/mol. The summed E-state index contributed by atoms with van der Waals surface area (Å²) in [7, 11) is 0. The Hall–Kier alpha value is -3.63. The Morgan fingerprint density at radius 3 is 1.97 bits per heavy atom. The molecule has 1 unspecified atom stereocenters. The highest BCUT2D eigenvalue weighted by Gasteiger charge is 2.19. The van der Waals surface area contributed by atoms with Gasteiger partial charge in [-0.3, -0.25) is 4.79 Å². The fourth-order valence-electron chi connectivity index (χ4n) is 3.32. The molecule has 10 nitrogen and oxygen atoms in total. The predicted octanol–water partition coefficient (Wildman–Crippen LogP) is 2.55. The molecule has 0 bridgehead atoms. The molecule has 0 saturated carbocycles. The lowest BCUT2D eigenvalue weighted by Crippen LogP contribution is -2.45. The van der Waals surface area contributed by atoms with E-state index in [1.54, 1.807) is 11.8 Å². The molecule has 202 valence electrons. The highest BCUT2D eigenvalue weighted by atomic mass is 16.6. The summed E-state index contributed by atoms with van der Waals surface area (Å²) in [6.45, 7) is 3.38. The third-order valence-electron chi connectivity index (χ3n) is 5.47. The maximum absolute atomic E-state index is 12.7. The summed E-state index contributed by atoms with van der Waals surface area (Å²) in [5.74, 6) is -0.514. The van der Waals surface area contributed by atoms with E-state index >= 15 is 0 Å². The Labute approximate surface area is 218 Å². The van der Waals surface area contributed by atoms with Gasteiger partial charge in [0.2, 0.25) is 5.91 Å². The lowest BCUT2D eigenvalue weighted by atomic mass is 10.2. The summed E-state index contributed by atoms with van der Waals surface area (Å²) in [5.41, 5.74) is 7.31. The number of alkyl carbamates (subject to hydrolysis) is 1. The molecule has 2 aromatic carbocycles. The van der Waals surface area contributed by atoms with E-state index in [4.69, 9.17) is 15.2 Å². The lowest BCUT2D eigenvalue weighted by molar-refractivity contribution is -0.130. The molecular weight excluding hydrogens is 476 g/mol. The van der Waals surface area contributed by atoms with Gasteiger partial charge in [-0.15, -0.1) is 0 Å². The van der Waals surface area contributed by atoms with Gasteiger partial charge in [-0.05, 0) is 37.3 Å². The second-order valence-corrected chi connectivity index (χ2v) is 8.67. The second-order valence-electron chi connectivity index (χ2n) is 8.67. The van der Waals surface area contributed by atoms with Crippen LogP contribution in [0.3, 0.4) is 0 Å². The number of carbonyl (C=O) groups is 3. The Balaban J connectivity index is 1.74. The first-order chi connectivity index (χ1) is 17.9. The maximum Gasteiger partial charge on any atom is 0.410 e. The monoisotopic (exact) mass is 514 g/mol. The number of aliphatic hydroxyl groups is 1. The van der Waals surface area contributed by atoms with Crippen molar-refractivity contribution in [2.75, 3.05) is 26.2 Å². The van der Waals surface area contributed by atoms with Crippen molar-refractivity contribution < 1.29 is 29.0 Å².